The van der Waals surface area contributed by atoms with Gasteiger partial charge < -0.3 is 0 Å². The van der Waals surface area contributed by atoms with Crippen molar-refractivity contribution in [3.8, 4) is 0 Å². The van der Waals surface area contributed by atoms with Gasteiger partial charge in [0.25, 0.3) is 0 Å². The lowest BCUT2D eigenvalue weighted by Crippen LogP contribution is -1.88. The van der Waals surface area contributed by atoms with Gasteiger partial charge in [-0.15, -0.1) is 0 Å². The molecule has 12 heavy (non-hydrogen) atoms. The van der Waals surface area contributed by atoms with Crippen LogP contribution in [0, 0.1) is 0 Å². The van der Waals surface area contributed by atoms with Gasteiger partial charge >= 0.3 is 0 Å². The van der Waals surface area contributed by atoms with Crippen LogP contribution in [-0.2, 0) is 0 Å². The molecule has 0 bridgehead atoms. The molecule has 0 saturated carbocycles. The Kier molecular flexibility index (Phi) is 4.06. The number of rotatable bonds is 5. The van der Waals surface area contributed by atoms with Gasteiger partial charge in [0, 0.05) is 18.3 Å². The van der Waals surface area contributed by atoms with Crippen LogP contribution < -0.4 is 0 Å². The average molecular weight is 165 g/mol. The van der Waals surface area contributed by atoms with E-state index in [9.17, 15) is 0 Å². The lowest BCUT2D eigenvalue weighted by molar-refractivity contribution is 0.662. The zero-order valence-electron chi connectivity index (χ0n) is 8.27. The number of nitrogens with zero attached hydrogens (tertiary/aromatic N) is 1. The van der Waals surface area contributed by atoms with E-state index in [4.69, 9.17) is 0 Å². The number of aliphatic imine (C=N–C) groups is 1. The van der Waals surface area contributed by atoms with Gasteiger partial charge in [-0.05, 0) is 25.3 Å². The van der Waals surface area contributed by atoms with E-state index in [2.05, 4.69) is 25.0 Å². The molecule has 0 aliphatic carbocycles. The van der Waals surface area contributed by atoms with Crippen LogP contribution in [0.2, 0.25) is 0 Å². The molecule has 0 spiro atoms. The van der Waals surface area contributed by atoms with Crippen molar-refractivity contribution in [2.24, 2.45) is 4.99 Å². The number of hydrogen-bond donors (Lipinski definition) is 0. The minimum absolute atomic E-state index is 1.13. The first kappa shape index (κ1) is 9.50. The van der Waals surface area contributed by atoms with Gasteiger partial charge in [-0.25, -0.2) is 0 Å². The molecule has 0 fully saturated rings. The maximum absolute atomic E-state index is 4.27. The Balaban J connectivity index is 2.03. The highest BCUT2D eigenvalue weighted by atomic mass is 14.7. The van der Waals surface area contributed by atoms with Crippen LogP contribution in [0.15, 0.2) is 16.8 Å². The molecular weight excluding hydrogens is 146 g/mol. The summed E-state index contributed by atoms with van der Waals surface area (Å²) in [6.07, 6.45) is 9.89. The Morgan fingerprint density at radius 2 is 2.17 bits per heavy atom. The molecule has 0 atom stereocenters. The fourth-order valence-corrected chi connectivity index (χ4v) is 1.55. The van der Waals surface area contributed by atoms with E-state index < -0.39 is 0 Å². The second kappa shape index (κ2) is 5.13. The zero-order chi connectivity index (χ0) is 8.81. The number of unbranched alkanes of at least 4 members (excludes halogenated alkanes) is 3. The molecule has 1 aliphatic heterocycles. The number of allylic oxidation sites excluding steroid dienone is 1. The van der Waals surface area contributed by atoms with Crippen LogP contribution in [0.25, 0.3) is 0 Å². The molecular formula is C11H19N. The van der Waals surface area contributed by atoms with E-state index in [-0.39, 0.29) is 0 Å². The SMILES string of the molecule is CCCCCCC1=CN=C(C)C1. The second-order valence-electron chi connectivity index (χ2n) is 3.64. The van der Waals surface area contributed by atoms with E-state index in [0.717, 1.165) is 6.42 Å². The summed E-state index contributed by atoms with van der Waals surface area (Å²) in [5, 5.41) is 0. The molecule has 0 aromatic carbocycles. The zero-order valence-corrected chi connectivity index (χ0v) is 8.27. The Hall–Kier alpha value is -0.590. The molecule has 0 aromatic heterocycles. The molecule has 0 N–H and O–H groups in total. The fraction of sp³-hybridized carbons (Fsp3) is 0.727. The van der Waals surface area contributed by atoms with Crippen LogP contribution in [-0.4, -0.2) is 5.71 Å². The van der Waals surface area contributed by atoms with Gasteiger partial charge in [-0.3, -0.25) is 4.99 Å². The molecule has 1 nitrogen and oxygen atoms in total. The first-order chi connectivity index (χ1) is 5.83. The minimum atomic E-state index is 1.13. The quantitative estimate of drug-likeness (QED) is 0.551. The van der Waals surface area contributed by atoms with E-state index in [1.165, 1.54) is 43.4 Å². The topological polar surface area (TPSA) is 12.4 Å². The first-order valence-electron chi connectivity index (χ1n) is 5.04. The van der Waals surface area contributed by atoms with Gasteiger partial charge in [0.15, 0.2) is 0 Å². The maximum Gasteiger partial charge on any atom is 0.0263 e. The summed E-state index contributed by atoms with van der Waals surface area (Å²) in [5.41, 5.74) is 2.81. The van der Waals surface area contributed by atoms with Crippen LogP contribution in [0.4, 0.5) is 0 Å². The fourth-order valence-electron chi connectivity index (χ4n) is 1.55. The lowest BCUT2D eigenvalue weighted by Gasteiger charge is -2.00. The predicted octanol–water partition coefficient (Wildman–Crippen LogP) is 3.71. The smallest absolute Gasteiger partial charge is 0.0263 e. The van der Waals surface area contributed by atoms with E-state index >= 15 is 0 Å². The van der Waals surface area contributed by atoms with Crippen molar-refractivity contribution in [2.45, 2.75) is 52.4 Å². The molecule has 0 amide bonds. The predicted molar refractivity (Wildman–Crippen MR) is 54.6 cm³/mol. The van der Waals surface area contributed by atoms with Gasteiger partial charge in [-0.1, -0.05) is 26.2 Å². The highest BCUT2D eigenvalue weighted by Crippen LogP contribution is 2.18. The normalized spacial score (nSPS) is 16.2. The molecule has 68 valence electrons. The Morgan fingerprint density at radius 3 is 2.75 bits per heavy atom. The third-order valence-corrected chi connectivity index (χ3v) is 2.30. The standard InChI is InChI=1S/C11H19N/c1-3-4-5-6-7-11-8-10(2)12-9-11/h9H,3-8H2,1-2H3. The molecule has 1 aliphatic rings. The van der Waals surface area contributed by atoms with Crippen LogP contribution >= 0.6 is 0 Å². The Labute approximate surface area is 75.6 Å². The van der Waals surface area contributed by atoms with E-state index in [0.29, 0.717) is 0 Å². The van der Waals surface area contributed by atoms with Crippen LogP contribution in [0.5, 0.6) is 0 Å². The second-order valence-corrected chi connectivity index (χ2v) is 3.64. The monoisotopic (exact) mass is 165 g/mol. The summed E-state index contributed by atoms with van der Waals surface area (Å²) < 4.78 is 0. The van der Waals surface area contributed by atoms with Gasteiger partial charge in [0.1, 0.15) is 0 Å². The Bertz CT molecular complexity index is 189. The van der Waals surface area contributed by atoms with E-state index in [1.807, 2.05) is 0 Å². The number of hydrogen-bond acceptors (Lipinski definition) is 1. The van der Waals surface area contributed by atoms with Gasteiger partial charge in [0.05, 0.1) is 0 Å². The van der Waals surface area contributed by atoms with Crippen molar-refractivity contribution in [3.63, 3.8) is 0 Å². The maximum atomic E-state index is 4.27. The highest BCUT2D eigenvalue weighted by molar-refractivity contribution is 5.86. The highest BCUT2D eigenvalue weighted by Gasteiger charge is 2.04. The molecule has 1 rings (SSSR count). The van der Waals surface area contributed by atoms with Crippen molar-refractivity contribution < 1.29 is 0 Å². The lowest BCUT2D eigenvalue weighted by atomic mass is 10.0. The summed E-state index contributed by atoms with van der Waals surface area (Å²) in [6, 6.07) is 0. The van der Waals surface area contributed by atoms with Crippen LogP contribution in [0.3, 0.4) is 0 Å². The summed E-state index contributed by atoms with van der Waals surface area (Å²) in [5.74, 6) is 0. The molecule has 0 aromatic rings. The molecule has 0 unspecified atom stereocenters. The van der Waals surface area contributed by atoms with Crippen molar-refractivity contribution in [1.29, 1.82) is 0 Å². The minimum Gasteiger partial charge on any atom is -0.266 e. The third-order valence-electron chi connectivity index (χ3n) is 2.30. The van der Waals surface area contributed by atoms with Gasteiger partial charge in [-0.2, -0.15) is 0 Å². The van der Waals surface area contributed by atoms with Crippen molar-refractivity contribution >= 4 is 5.71 Å². The largest absolute Gasteiger partial charge is 0.266 e. The summed E-state index contributed by atoms with van der Waals surface area (Å²) in [4.78, 5) is 4.27. The van der Waals surface area contributed by atoms with Gasteiger partial charge in [0.2, 0.25) is 0 Å². The van der Waals surface area contributed by atoms with Crippen molar-refractivity contribution in [2.75, 3.05) is 0 Å². The summed E-state index contributed by atoms with van der Waals surface area (Å²) in [6.45, 7) is 4.36. The molecule has 1 heteroatoms. The van der Waals surface area contributed by atoms with Crippen molar-refractivity contribution in [3.05, 3.63) is 11.8 Å². The average Bonchev–Trinajstić information content (AvgIpc) is 2.45. The Morgan fingerprint density at radius 1 is 1.33 bits per heavy atom. The first-order valence-corrected chi connectivity index (χ1v) is 5.04. The van der Waals surface area contributed by atoms with E-state index in [1.54, 1.807) is 0 Å². The molecule has 0 saturated heterocycles. The molecule has 0 radical (unpaired) electrons. The van der Waals surface area contributed by atoms with Crippen molar-refractivity contribution in [1.82, 2.24) is 0 Å². The summed E-state index contributed by atoms with van der Waals surface area (Å²) >= 11 is 0. The molecule has 1 heterocycles. The van der Waals surface area contributed by atoms with Crippen LogP contribution in [0.1, 0.15) is 52.4 Å². The third kappa shape index (κ3) is 3.21. The summed E-state index contributed by atoms with van der Waals surface area (Å²) in [7, 11) is 0.